The predicted octanol–water partition coefficient (Wildman–Crippen LogP) is -1.90. The standard InChI is InChI=1S/C16H19BN2O6.C8H8BNO3/c20-14(21)5-6-18-15(22)13-2-1-7-19(13)16(23)10-3-4-11-9-25-17(24)12(11)8-10;10-8(11)5-1-2-6-4-13-9(12)7(6)3-5/h3-4,8,13,24H,1-2,5-7,9H2,(H,18,22)(H,20,21);1-3,12H,4H2,(H2,10,11). The molecular formula is C24H27B2N3O9. The monoisotopic (exact) mass is 523 g/mol. The Morgan fingerprint density at radius 1 is 0.974 bits per heavy atom. The van der Waals surface area contributed by atoms with Crippen LogP contribution in [0.15, 0.2) is 36.4 Å². The second-order valence-electron chi connectivity index (χ2n) is 9.11. The van der Waals surface area contributed by atoms with E-state index in [1.165, 1.54) is 4.90 Å². The van der Waals surface area contributed by atoms with Crippen molar-refractivity contribution in [2.24, 2.45) is 5.73 Å². The number of carbonyl (C=O) groups excluding carboxylic acids is 3. The first-order chi connectivity index (χ1) is 18.2. The number of rotatable bonds is 6. The van der Waals surface area contributed by atoms with E-state index in [9.17, 15) is 29.2 Å². The normalized spacial score (nSPS) is 17.4. The molecule has 14 heteroatoms. The van der Waals surface area contributed by atoms with Crippen molar-refractivity contribution >= 4 is 48.9 Å². The number of nitrogens with two attached hydrogens (primary N) is 1. The van der Waals surface area contributed by atoms with Gasteiger partial charge in [-0.1, -0.05) is 12.1 Å². The number of hydrogen-bond donors (Lipinski definition) is 5. The van der Waals surface area contributed by atoms with Crippen molar-refractivity contribution in [3.05, 3.63) is 58.7 Å². The summed E-state index contributed by atoms with van der Waals surface area (Å²) in [6.07, 6.45) is 1.09. The number of hydrogen-bond acceptors (Lipinski definition) is 8. The van der Waals surface area contributed by atoms with Crippen molar-refractivity contribution in [2.75, 3.05) is 13.1 Å². The summed E-state index contributed by atoms with van der Waals surface area (Å²) < 4.78 is 10.1. The number of nitrogens with one attached hydrogen (secondary N) is 1. The van der Waals surface area contributed by atoms with Gasteiger partial charge in [-0.05, 0) is 59.2 Å². The Bertz CT molecular complexity index is 1260. The van der Waals surface area contributed by atoms with Gasteiger partial charge < -0.3 is 40.4 Å². The van der Waals surface area contributed by atoms with Crippen molar-refractivity contribution in [3.63, 3.8) is 0 Å². The van der Waals surface area contributed by atoms with Crippen molar-refractivity contribution in [2.45, 2.75) is 38.5 Å². The lowest BCUT2D eigenvalue weighted by Crippen LogP contribution is -2.46. The number of likely N-dealkylation sites (tertiary alicyclic amines) is 1. The molecule has 1 saturated heterocycles. The Morgan fingerprint density at radius 3 is 2.13 bits per heavy atom. The lowest BCUT2D eigenvalue weighted by atomic mass is 9.78. The van der Waals surface area contributed by atoms with Gasteiger partial charge in [0.2, 0.25) is 11.8 Å². The van der Waals surface area contributed by atoms with Crippen molar-refractivity contribution in [3.8, 4) is 0 Å². The maximum absolute atomic E-state index is 12.8. The topological polar surface area (TPSA) is 189 Å². The quantitative estimate of drug-likeness (QED) is 0.270. The SMILES string of the molecule is NC(=O)c1ccc2c(c1)B(O)OC2.O=C(O)CCNC(=O)C1CCCN1C(=O)c1ccc2c(c1)B(O)OC2. The molecule has 3 aliphatic heterocycles. The van der Waals surface area contributed by atoms with Gasteiger partial charge >= 0.3 is 20.2 Å². The van der Waals surface area contributed by atoms with E-state index in [1.807, 2.05) is 0 Å². The van der Waals surface area contributed by atoms with Crippen LogP contribution in [0.2, 0.25) is 0 Å². The van der Waals surface area contributed by atoms with Gasteiger partial charge in [0.05, 0.1) is 19.6 Å². The Hall–Kier alpha value is -3.71. The summed E-state index contributed by atoms with van der Waals surface area (Å²) in [5.41, 5.74) is 8.83. The molecule has 1 unspecified atom stereocenters. The number of nitrogens with zero attached hydrogens (tertiary/aromatic N) is 1. The highest BCUT2D eigenvalue weighted by Crippen LogP contribution is 2.21. The first kappa shape index (κ1) is 27.3. The van der Waals surface area contributed by atoms with E-state index in [0.717, 1.165) is 11.1 Å². The second kappa shape index (κ2) is 11.8. The third-order valence-electron chi connectivity index (χ3n) is 6.60. The van der Waals surface area contributed by atoms with Gasteiger partial charge in [0.25, 0.3) is 5.91 Å². The number of fused-ring (bicyclic) bond motifs is 2. The zero-order valence-electron chi connectivity index (χ0n) is 20.5. The maximum atomic E-state index is 12.8. The highest BCUT2D eigenvalue weighted by atomic mass is 16.5. The Kier molecular flexibility index (Phi) is 8.47. The smallest absolute Gasteiger partial charge is 0.481 e. The van der Waals surface area contributed by atoms with Gasteiger partial charge in [-0.25, -0.2) is 0 Å². The van der Waals surface area contributed by atoms with Crippen LogP contribution in [0.1, 0.15) is 51.1 Å². The van der Waals surface area contributed by atoms with E-state index >= 15 is 0 Å². The van der Waals surface area contributed by atoms with Crippen LogP contribution in [0.4, 0.5) is 0 Å². The van der Waals surface area contributed by atoms with Gasteiger partial charge in [-0.15, -0.1) is 0 Å². The predicted molar refractivity (Wildman–Crippen MR) is 136 cm³/mol. The molecule has 3 heterocycles. The van der Waals surface area contributed by atoms with Gasteiger partial charge in [0.1, 0.15) is 6.04 Å². The molecule has 0 radical (unpaired) electrons. The fraction of sp³-hybridized carbons (Fsp3) is 0.333. The zero-order chi connectivity index (χ0) is 27.4. The van der Waals surface area contributed by atoms with Gasteiger partial charge in [0.15, 0.2) is 0 Å². The largest absolute Gasteiger partial charge is 0.491 e. The minimum absolute atomic E-state index is 0.0368. The number of benzene rings is 2. The number of carboxylic acid groups (broad SMARTS) is 1. The van der Waals surface area contributed by atoms with Gasteiger partial charge in [-0.2, -0.15) is 0 Å². The molecule has 0 aliphatic carbocycles. The summed E-state index contributed by atoms with van der Waals surface area (Å²) in [5, 5.41) is 30.3. The van der Waals surface area contributed by atoms with Crippen LogP contribution in [-0.4, -0.2) is 77.1 Å². The van der Waals surface area contributed by atoms with E-state index in [1.54, 1.807) is 36.4 Å². The summed E-state index contributed by atoms with van der Waals surface area (Å²) in [4.78, 5) is 47.9. The fourth-order valence-electron chi connectivity index (χ4n) is 4.57. The first-order valence-electron chi connectivity index (χ1n) is 12.1. The number of amides is 3. The van der Waals surface area contributed by atoms with E-state index in [4.69, 9.17) is 20.1 Å². The Labute approximate surface area is 219 Å². The molecule has 5 rings (SSSR count). The molecule has 38 heavy (non-hydrogen) atoms. The molecule has 0 saturated carbocycles. The van der Waals surface area contributed by atoms with Crippen LogP contribution in [0.25, 0.3) is 0 Å². The van der Waals surface area contributed by atoms with E-state index in [0.29, 0.717) is 54.7 Å². The number of carbonyl (C=O) groups is 4. The highest BCUT2D eigenvalue weighted by Gasteiger charge is 2.35. The zero-order valence-corrected chi connectivity index (χ0v) is 20.5. The summed E-state index contributed by atoms with van der Waals surface area (Å²) in [6.45, 7) is 1.19. The molecular weight excluding hydrogens is 496 g/mol. The van der Waals surface area contributed by atoms with Crippen LogP contribution in [0, 0.1) is 0 Å². The summed E-state index contributed by atoms with van der Waals surface area (Å²) in [7, 11) is -1.95. The second-order valence-corrected chi connectivity index (χ2v) is 9.11. The minimum Gasteiger partial charge on any atom is -0.481 e. The first-order valence-corrected chi connectivity index (χ1v) is 12.1. The number of carboxylic acids is 1. The lowest BCUT2D eigenvalue weighted by Gasteiger charge is -2.24. The molecule has 12 nitrogen and oxygen atoms in total. The highest BCUT2D eigenvalue weighted by molar-refractivity contribution is 6.62. The molecule has 0 spiro atoms. The number of primary amides is 1. The van der Waals surface area contributed by atoms with Crippen molar-refractivity contribution in [1.29, 1.82) is 0 Å². The van der Waals surface area contributed by atoms with Crippen LogP contribution in [0.5, 0.6) is 0 Å². The molecule has 1 atom stereocenters. The molecule has 0 aromatic heterocycles. The molecule has 2 aromatic carbocycles. The fourth-order valence-corrected chi connectivity index (χ4v) is 4.57. The summed E-state index contributed by atoms with van der Waals surface area (Å²) in [6, 6.07) is 9.35. The van der Waals surface area contributed by atoms with Crippen LogP contribution < -0.4 is 22.0 Å². The Balaban J connectivity index is 0.000000216. The maximum Gasteiger partial charge on any atom is 0.491 e. The average Bonchev–Trinajstić information content (AvgIpc) is 3.62. The van der Waals surface area contributed by atoms with E-state index in [-0.39, 0.29) is 24.8 Å². The third kappa shape index (κ3) is 6.05. The van der Waals surface area contributed by atoms with Crippen molar-refractivity contribution in [1.82, 2.24) is 10.2 Å². The molecule has 2 aromatic rings. The molecule has 198 valence electrons. The lowest BCUT2D eigenvalue weighted by molar-refractivity contribution is -0.137. The van der Waals surface area contributed by atoms with Crippen LogP contribution >= 0.6 is 0 Å². The van der Waals surface area contributed by atoms with Crippen LogP contribution in [-0.2, 0) is 32.1 Å². The molecule has 0 bridgehead atoms. The molecule has 6 N–H and O–H groups in total. The minimum atomic E-state index is -1.03. The molecule has 3 amide bonds. The van der Waals surface area contributed by atoms with E-state index < -0.39 is 32.2 Å². The number of aliphatic carboxylic acids is 1. The summed E-state index contributed by atoms with van der Waals surface area (Å²) in [5.74, 6) is -2.10. The van der Waals surface area contributed by atoms with Gasteiger partial charge in [-0.3, -0.25) is 19.2 Å². The molecule has 3 aliphatic rings. The van der Waals surface area contributed by atoms with Crippen LogP contribution in [0.3, 0.4) is 0 Å². The average molecular weight is 523 g/mol. The van der Waals surface area contributed by atoms with Gasteiger partial charge in [0, 0.05) is 24.2 Å². The van der Waals surface area contributed by atoms with Crippen molar-refractivity contribution < 1.29 is 43.6 Å². The third-order valence-corrected chi connectivity index (χ3v) is 6.60. The van der Waals surface area contributed by atoms with E-state index in [2.05, 4.69) is 5.32 Å². The summed E-state index contributed by atoms with van der Waals surface area (Å²) >= 11 is 0. The Morgan fingerprint density at radius 2 is 1.55 bits per heavy atom. The molecule has 1 fully saturated rings.